The number of nitrogens with zero attached hydrogens (tertiary/aromatic N) is 1. The van der Waals surface area contributed by atoms with E-state index < -0.39 is 17.9 Å². The second-order valence-electron chi connectivity index (χ2n) is 5.62. The lowest BCUT2D eigenvalue weighted by molar-refractivity contribution is -0.139. The molecule has 114 valence electrons. The number of pyridine rings is 1. The van der Waals surface area contributed by atoms with Gasteiger partial charge in [-0.05, 0) is 36.8 Å². The molecule has 0 fully saturated rings. The summed E-state index contributed by atoms with van der Waals surface area (Å²) in [5, 5.41) is 11.7. The van der Waals surface area contributed by atoms with Crippen molar-refractivity contribution in [1.82, 2.24) is 10.3 Å². The average molecular weight is 292 g/mol. The van der Waals surface area contributed by atoms with Crippen molar-refractivity contribution in [1.29, 1.82) is 0 Å². The number of nitrogens with one attached hydrogen (secondary N) is 1. The van der Waals surface area contributed by atoms with E-state index in [1.807, 2.05) is 13.8 Å². The third-order valence-electron chi connectivity index (χ3n) is 3.34. The minimum atomic E-state index is -1.03. The lowest BCUT2D eigenvalue weighted by Gasteiger charge is -2.18. The number of hydrogen-bond acceptors (Lipinski definition) is 4. The van der Waals surface area contributed by atoms with Gasteiger partial charge in [-0.1, -0.05) is 13.8 Å². The maximum absolute atomic E-state index is 12.1. The van der Waals surface area contributed by atoms with Gasteiger partial charge in [-0.3, -0.25) is 4.79 Å². The monoisotopic (exact) mass is 292 g/mol. The minimum Gasteiger partial charge on any atom is -0.492 e. The van der Waals surface area contributed by atoms with Crippen molar-refractivity contribution < 1.29 is 19.4 Å². The lowest BCUT2D eigenvalue weighted by atomic mass is 10.0. The molecule has 1 aliphatic rings. The smallest absolute Gasteiger partial charge is 0.326 e. The van der Waals surface area contributed by atoms with E-state index in [2.05, 4.69) is 10.3 Å². The number of carboxylic acid groups (broad SMARTS) is 1. The number of fused-ring (bicyclic) bond motifs is 1. The highest BCUT2D eigenvalue weighted by Gasteiger charge is 2.23. The predicted molar refractivity (Wildman–Crippen MR) is 76.4 cm³/mol. The van der Waals surface area contributed by atoms with Gasteiger partial charge in [-0.15, -0.1) is 0 Å². The summed E-state index contributed by atoms with van der Waals surface area (Å²) in [5.41, 5.74) is 1.17. The van der Waals surface area contributed by atoms with E-state index in [1.54, 1.807) is 6.07 Å². The van der Waals surface area contributed by atoms with Crippen LogP contribution in [0.1, 0.15) is 42.7 Å². The Labute approximate surface area is 123 Å². The molecular formula is C15H20N2O4. The summed E-state index contributed by atoms with van der Waals surface area (Å²) in [4.78, 5) is 27.4. The molecule has 2 N–H and O–H groups in total. The van der Waals surface area contributed by atoms with Crippen molar-refractivity contribution in [2.75, 3.05) is 6.61 Å². The number of hydrogen-bond donors (Lipinski definition) is 2. The van der Waals surface area contributed by atoms with Crippen molar-refractivity contribution in [3.63, 3.8) is 0 Å². The van der Waals surface area contributed by atoms with Gasteiger partial charge in [0.15, 0.2) is 0 Å². The van der Waals surface area contributed by atoms with E-state index in [0.717, 1.165) is 18.4 Å². The van der Waals surface area contributed by atoms with Crippen LogP contribution in [-0.2, 0) is 11.2 Å². The molecule has 6 nitrogen and oxygen atoms in total. The number of aromatic nitrogens is 1. The molecule has 1 atom stereocenters. The van der Waals surface area contributed by atoms with Gasteiger partial charge in [0.25, 0.3) is 5.91 Å². The van der Waals surface area contributed by atoms with Crippen LogP contribution in [0.4, 0.5) is 0 Å². The number of aryl methyl sites for hydroxylation is 1. The fourth-order valence-electron chi connectivity index (χ4n) is 2.30. The van der Waals surface area contributed by atoms with Crippen LogP contribution in [0.25, 0.3) is 0 Å². The second kappa shape index (κ2) is 6.56. The molecule has 0 aliphatic carbocycles. The number of rotatable bonds is 5. The highest BCUT2D eigenvalue weighted by Crippen LogP contribution is 2.24. The molecule has 21 heavy (non-hydrogen) atoms. The SMILES string of the molecule is CC(C)C[C@H](NC(=O)c1cc2c(cn1)OCCC2)C(=O)O. The summed E-state index contributed by atoms with van der Waals surface area (Å²) in [6.45, 7) is 4.49. The fraction of sp³-hybridized carbons (Fsp3) is 0.533. The molecule has 0 spiro atoms. The molecule has 6 heteroatoms. The number of carboxylic acids is 1. The average Bonchev–Trinajstić information content (AvgIpc) is 2.45. The highest BCUT2D eigenvalue weighted by atomic mass is 16.5. The van der Waals surface area contributed by atoms with E-state index in [4.69, 9.17) is 9.84 Å². The van der Waals surface area contributed by atoms with E-state index in [-0.39, 0.29) is 11.6 Å². The largest absolute Gasteiger partial charge is 0.492 e. The maximum Gasteiger partial charge on any atom is 0.326 e. The second-order valence-corrected chi connectivity index (χ2v) is 5.62. The zero-order valence-electron chi connectivity index (χ0n) is 12.3. The molecule has 2 rings (SSSR count). The Balaban J connectivity index is 2.10. The maximum atomic E-state index is 12.1. The Kier molecular flexibility index (Phi) is 4.77. The summed E-state index contributed by atoms with van der Waals surface area (Å²) >= 11 is 0. The lowest BCUT2D eigenvalue weighted by Crippen LogP contribution is -2.42. The first-order valence-electron chi connectivity index (χ1n) is 7.12. The molecule has 1 aliphatic heterocycles. The first-order chi connectivity index (χ1) is 9.97. The number of ether oxygens (including phenoxy) is 1. The van der Waals surface area contributed by atoms with Gasteiger partial charge in [0.2, 0.25) is 0 Å². The molecule has 0 radical (unpaired) electrons. The van der Waals surface area contributed by atoms with Crippen LogP contribution in [0.2, 0.25) is 0 Å². The molecular weight excluding hydrogens is 272 g/mol. The van der Waals surface area contributed by atoms with Gasteiger partial charge in [0.05, 0.1) is 12.8 Å². The van der Waals surface area contributed by atoms with Gasteiger partial charge in [0, 0.05) is 0 Å². The fourth-order valence-corrected chi connectivity index (χ4v) is 2.30. The first kappa shape index (κ1) is 15.3. The van der Waals surface area contributed by atoms with Crippen LogP contribution in [-0.4, -0.2) is 34.6 Å². The summed E-state index contributed by atoms with van der Waals surface area (Å²) in [7, 11) is 0. The van der Waals surface area contributed by atoms with Crippen LogP contribution >= 0.6 is 0 Å². The van der Waals surface area contributed by atoms with Gasteiger partial charge in [-0.2, -0.15) is 0 Å². The molecule has 0 aromatic carbocycles. The summed E-state index contributed by atoms with van der Waals surface area (Å²) < 4.78 is 5.44. The zero-order valence-corrected chi connectivity index (χ0v) is 12.3. The Bertz CT molecular complexity index is 542. The minimum absolute atomic E-state index is 0.177. The van der Waals surface area contributed by atoms with Crippen LogP contribution < -0.4 is 10.1 Å². The summed E-state index contributed by atoms with van der Waals surface area (Å²) in [6, 6.07) is 0.782. The van der Waals surface area contributed by atoms with E-state index in [1.165, 1.54) is 6.20 Å². The first-order valence-corrected chi connectivity index (χ1v) is 7.12. The quantitative estimate of drug-likeness (QED) is 0.861. The predicted octanol–water partition coefficient (Wildman–Crippen LogP) is 1.64. The van der Waals surface area contributed by atoms with Gasteiger partial charge in [-0.25, -0.2) is 9.78 Å². The molecule has 2 heterocycles. The zero-order chi connectivity index (χ0) is 15.4. The molecule has 0 saturated carbocycles. The standard InChI is InChI=1S/C15H20N2O4/c1-9(2)6-12(15(19)20)17-14(18)11-7-10-4-3-5-21-13(10)8-16-11/h7-9,12H,3-6H2,1-2H3,(H,17,18)(H,19,20)/t12-/m0/s1. The van der Waals surface area contributed by atoms with E-state index in [0.29, 0.717) is 18.8 Å². The van der Waals surface area contributed by atoms with Crippen LogP contribution in [0.3, 0.4) is 0 Å². The summed E-state index contributed by atoms with van der Waals surface area (Å²) in [6.07, 6.45) is 3.66. The van der Waals surface area contributed by atoms with Crippen molar-refractivity contribution in [2.45, 2.75) is 39.2 Å². The van der Waals surface area contributed by atoms with Gasteiger partial charge < -0.3 is 15.2 Å². The molecule has 1 aromatic rings. The summed E-state index contributed by atoms with van der Waals surface area (Å²) in [5.74, 6) is -0.610. The number of amides is 1. The van der Waals surface area contributed by atoms with Crippen molar-refractivity contribution in [3.05, 3.63) is 23.5 Å². The Morgan fingerprint density at radius 1 is 1.48 bits per heavy atom. The number of aliphatic carboxylic acids is 1. The molecule has 1 amide bonds. The normalized spacial score (nSPS) is 15.0. The topological polar surface area (TPSA) is 88.5 Å². The highest BCUT2D eigenvalue weighted by molar-refractivity contribution is 5.95. The molecule has 0 bridgehead atoms. The van der Waals surface area contributed by atoms with Crippen molar-refractivity contribution in [2.24, 2.45) is 5.92 Å². The third kappa shape index (κ3) is 3.93. The van der Waals surface area contributed by atoms with Crippen LogP contribution in [0, 0.1) is 5.92 Å². The Hall–Kier alpha value is -2.11. The van der Waals surface area contributed by atoms with E-state index >= 15 is 0 Å². The Morgan fingerprint density at radius 3 is 2.90 bits per heavy atom. The number of carbonyl (C=O) groups is 2. The molecule has 0 saturated heterocycles. The third-order valence-corrected chi connectivity index (χ3v) is 3.34. The van der Waals surface area contributed by atoms with Crippen LogP contribution in [0.15, 0.2) is 12.3 Å². The van der Waals surface area contributed by atoms with Crippen molar-refractivity contribution >= 4 is 11.9 Å². The Morgan fingerprint density at radius 2 is 2.24 bits per heavy atom. The van der Waals surface area contributed by atoms with E-state index in [9.17, 15) is 9.59 Å². The van der Waals surface area contributed by atoms with Crippen LogP contribution in [0.5, 0.6) is 5.75 Å². The van der Waals surface area contributed by atoms with Gasteiger partial charge >= 0.3 is 5.97 Å². The van der Waals surface area contributed by atoms with Crippen molar-refractivity contribution in [3.8, 4) is 5.75 Å². The molecule has 0 unspecified atom stereocenters. The molecule has 1 aromatic heterocycles. The van der Waals surface area contributed by atoms with Gasteiger partial charge in [0.1, 0.15) is 17.5 Å². The number of carbonyl (C=O) groups excluding carboxylic acids is 1.